The van der Waals surface area contributed by atoms with Gasteiger partial charge in [0, 0.05) is 27.7 Å². The molecule has 3 aromatic rings. The van der Waals surface area contributed by atoms with Crippen molar-refractivity contribution >= 4 is 28.5 Å². The highest BCUT2D eigenvalue weighted by Crippen LogP contribution is 2.25. The molecule has 0 saturated heterocycles. The molecule has 0 unspecified atom stereocenters. The van der Waals surface area contributed by atoms with Crippen molar-refractivity contribution in [3.8, 4) is 0 Å². The van der Waals surface area contributed by atoms with Gasteiger partial charge in [0.1, 0.15) is 0 Å². The molecular formula is C14H10ClNO3. The van der Waals surface area contributed by atoms with Gasteiger partial charge in [-0.05, 0) is 24.3 Å². The fourth-order valence-electron chi connectivity index (χ4n) is 2.16. The van der Waals surface area contributed by atoms with E-state index in [2.05, 4.69) is 0 Å². The molecule has 2 aromatic heterocycles. The topological polar surface area (TPSA) is 55.4 Å². The summed E-state index contributed by atoms with van der Waals surface area (Å²) in [6.45, 7) is 0.433. The Hall–Kier alpha value is -2.20. The smallest absolute Gasteiger partial charge is 0.372 e. The summed E-state index contributed by atoms with van der Waals surface area (Å²) >= 11 is 6.11. The number of carboxylic acids is 1. The molecule has 19 heavy (non-hydrogen) atoms. The van der Waals surface area contributed by atoms with Crippen molar-refractivity contribution in [2.45, 2.75) is 6.54 Å². The van der Waals surface area contributed by atoms with Crippen LogP contribution in [0.5, 0.6) is 0 Å². The molecule has 0 aliphatic rings. The molecule has 0 atom stereocenters. The average molecular weight is 276 g/mol. The van der Waals surface area contributed by atoms with E-state index in [1.165, 1.54) is 6.26 Å². The molecule has 5 heteroatoms. The molecule has 96 valence electrons. The van der Waals surface area contributed by atoms with E-state index in [4.69, 9.17) is 21.1 Å². The van der Waals surface area contributed by atoms with Gasteiger partial charge < -0.3 is 14.1 Å². The summed E-state index contributed by atoms with van der Waals surface area (Å²) in [6, 6.07) is 9.23. The molecule has 4 nitrogen and oxygen atoms in total. The van der Waals surface area contributed by atoms with E-state index in [0.29, 0.717) is 17.1 Å². The fraction of sp³-hybridized carbons (Fsp3) is 0.0714. The van der Waals surface area contributed by atoms with Crippen LogP contribution in [-0.4, -0.2) is 15.6 Å². The van der Waals surface area contributed by atoms with Crippen molar-refractivity contribution in [3.63, 3.8) is 0 Å². The quantitative estimate of drug-likeness (QED) is 0.794. The number of rotatable bonds is 3. The Labute approximate surface area is 113 Å². The number of carbonyl (C=O) groups is 1. The van der Waals surface area contributed by atoms with Crippen molar-refractivity contribution in [1.82, 2.24) is 4.57 Å². The molecule has 0 radical (unpaired) electrons. The zero-order valence-corrected chi connectivity index (χ0v) is 10.6. The van der Waals surface area contributed by atoms with Crippen LogP contribution in [0.3, 0.4) is 0 Å². The van der Waals surface area contributed by atoms with Crippen LogP contribution < -0.4 is 0 Å². The Bertz CT molecular complexity index is 757. The number of nitrogens with zero attached hydrogens (tertiary/aromatic N) is 1. The van der Waals surface area contributed by atoms with Gasteiger partial charge in [0.05, 0.1) is 12.8 Å². The van der Waals surface area contributed by atoms with Crippen LogP contribution in [0.2, 0.25) is 5.02 Å². The standard InChI is InChI=1S/C14H10ClNO3/c15-11-2-1-3-12-10(11)4-6-16(12)8-9-5-7-19-13(9)14(17)18/h1-7H,8H2,(H,17,18). The molecular weight excluding hydrogens is 266 g/mol. The van der Waals surface area contributed by atoms with Crippen LogP contribution in [0, 0.1) is 0 Å². The first-order valence-electron chi connectivity index (χ1n) is 5.70. The highest BCUT2D eigenvalue weighted by molar-refractivity contribution is 6.35. The zero-order chi connectivity index (χ0) is 13.4. The number of halogens is 1. The molecule has 0 spiro atoms. The first-order valence-corrected chi connectivity index (χ1v) is 6.07. The Balaban J connectivity index is 2.04. The predicted octanol–water partition coefficient (Wildman–Crippen LogP) is 3.63. The maximum absolute atomic E-state index is 11.0. The first kappa shape index (κ1) is 11.9. The van der Waals surface area contributed by atoms with Crippen LogP contribution in [0.4, 0.5) is 0 Å². The van der Waals surface area contributed by atoms with Crippen LogP contribution in [-0.2, 0) is 6.54 Å². The summed E-state index contributed by atoms with van der Waals surface area (Å²) in [5.74, 6) is -1.08. The highest BCUT2D eigenvalue weighted by atomic mass is 35.5. The summed E-state index contributed by atoms with van der Waals surface area (Å²) in [5.41, 5.74) is 1.59. The van der Waals surface area contributed by atoms with Gasteiger partial charge in [0.2, 0.25) is 5.76 Å². The zero-order valence-electron chi connectivity index (χ0n) is 9.84. The Kier molecular flexibility index (Phi) is 2.80. The van der Waals surface area contributed by atoms with E-state index in [0.717, 1.165) is 10.9 Å². The van der Waals surface area contributed by atoms with Crippen molar-refractivity contribution < 1.29 is 14.3 Å². The third-order valence-electron chi connectivity index (χ3n) is 3.04. The molecule has 2 heterocycles. The van der Waals surface area contributed by atoms with Crippen LogP contribution in [0.15, 0.2) is 47.2 Å². The van der Waals surface area contributed by atoms with Gasteiger partial charge in [-0.1, -0.05) is 17.7 Å². The lowest BCUT2D eigenvalue weighted by molar-refractivity contribution is 0.0660. The lowest BCUT2D eigenvalue weighted by atomic mass is 10.2. The van der Waals surface area contributed by atoms with Gasteiger partial charge in [-0.25, -0.2) is 4.79 Å². The molecule has 1 N–H and O–H groups in total. The molecule has 0 bridgehead atoms. The van der Waals surface area contributed by atoms with Gasteiger partial charge in [-0.3, -0.25) is 0 Å². The Morgan fingerprint density at radius 3 is 2.95 bits per heavy atom. The number of aromatic carboxylic acids is 1. The van der Waals surface area contributed by atoms with E-state index >= 15 is 0 Å². The molecule has 0 fully saturated rings. The second kappa shape index (κ2) is 4.48. The second-order valence-corrected chi connectivity index (χ2v) is 4.60. The molecule has 0 amide bonds. The minimum atomic E-state index is -1.06. The number of hydrogen-bond acceptors (Lipinski definition) is 2. The first-order chi connectivity index (χ1) is 9.16. The number of furan rings is 1. The highest BCUT2D eigenvalue weighted by Gasteiger charge is 2.15. The largest absolute Gasteiger partial charge is 0.475 e. The van der Waals surface area contributed by atoms with Crippen LogP contribution in [0.1, 0.15) is 16.1 Å². The van der Waals surface area contributed by atoms with Crippen LogP contribution in [0.25, 0.3) is 10.9 Å². The van der Waals surface area contributed by atoms with Crippen LogP contribution >= 0.6 is 11.6 Å². The summed E-state index contributed by atoms with van der Waals surface area (Å²) in [4.78, 5) is 11.0. The van der Waals surface area contributed by atoms with Gasteiger partial charge in [0.15, 0.2) is 0 Å². The molecule has 1 aromatic carbocycles. The SMILES string of the molecule is O=C(O)c1occc1Cn1ccc2c(Cl)cccc21. The number of benzene rings is 1. The lowest BCUT2D eigenvalue weighted by Gasteiger charge is -2.04. The molecule has 0 aliphatic carbocycles. The number of hydrogen-bond donors (Lipinski definition) is 1. The van der Waals surface area contributed by atoms with Crippen molar-refractivity contribution in [3.05, 3.63) is 59.1 Å². The number of fused-ring (bicyclic) bond motifs is 1. The molecule has 3 rings (SSSR count). The normalized spacial score (nSPS) is 11.0. The Morgan fingerprint density at radius 2 is 2.16 bits per heavy atom. The summed E-state index contributed by atoms with van der Waals surface area (Å²) < 4.78 is 6.91. The monoisotopic (exact) mass is 275 g/mol. The van der Waals surface area contributed by atoms with E-state index in [-0.39, 0.29) is 5.76 Å². The fourth-order valence-corrected chi connectivity index (χ4v) is 2.39. The Morgan fingerprint density at radius 1 is 1.32 bits per heavy atom. The van der Waals surface area contributed by atoms with Gasteiger partial charge >= 0.3 is 5.97 Å². The molecule has 0 aliphatic heterocycles. The lowest BCUT2D eigenvalue weighted by Crippen LogP contribution is -2.03. The third kappa shape index (κ3) is 2.00. The summed E-state index contributed by atoms with van der Waals surface area (Å²) in [7, 11) is 0. The van der Waals surface area contributed by atoms with Gasteiger partial charge in [-0.2, -0.15) is 0 Å². The predicted molar refractivity (Wildman–Crippen MR) is 71.7 cm³/mol. The average Bonchev–Trinajstić information content (AvgIpc) is 2.98. The van der Waals surface area contributed by atoms with E-state index in [1.54, 1.807) is 6.07 Å². The van der Waals surface area contributed by atoms with Gasteiger partial charge in [0.25, 0.3) is 0 Å². The maximum atomic E-state index is 11.0. The van der Waals surface area contributed by atoms with Crippen molar-refractivity contribution in [1.29, 1.82) is 0 Å². The van der Waals surface area contributed by atoms with Gasteiger partial charge in [-0.15, -0.1) is 0 Å². The van der Waals surface area contributed by atoms with Crippen molar-refractivity contribution in [2.75, 3.05) is 0 Å². The number of aromatic nitrogens is 1. The van der Waals surface area contributed by atoms with E-state index < -0.39 is 5.97 Å². The maximum Gasteiger partial charge on any atom is 0.372 e. The van der Waals surface area contributed by atoms with E-state index in [1.807, 2.05) is 35.0 Å². The minimum absolute atomic E-state index is 0.0242. The summed E-state index contributed by atoms with van der Waals surface area (Å²) in [5, 5.41) is 10.6. The van der Waals surface area contributed by atoms with Crippen molar-refractivity contribution in [2.24, 2.45) is 0 Å². The summed E-state index contributed by atoms with van der Waals surface area (Å²) in [6.07, 6.45) is 3.27. The van der Waals surface area contributed by atoms with E-state index in [9.17, 15) is 4.79 Å². The number of carboxylic acid groups (broad SMARTS) is 1. The molecule has 0 saturated carbocycles. The second-order valence-electron chi connectivity index (χ2n) is 4.20. The third-order valence-corrected chi connectivity index (χ3v) is 3.37. The minimum Gasteiger partial charge on any atom is -0.475 e.